The van der Waals surface area contributed by atoms with Crippen molar-refractivity contribution in [2.45, 2.75) is 26.3 Å². The molecule has 6 heteroatoms. The molecule has 1 atom stereocenters. The van der Waals surface area contributed by atoms with Gasteiger partial charge in [-0.3, -0.25) is 9.59 Å². The van der Waals surface area contributed by atoms with E-state index in [1.165, 1.54) is 14.0 Å². The second-order valence-corrected chi connectivity index (χ2v) is 4.04. The predicted molar refractivity (Wildman–Crippen MR) is 70.9 cm³/mol. The Balaban J connectivity index is 2.93. The van der Waals surface area contributed by atoms with Crippen molar-refractivity contribution < 1.29 is 23.9 Å². The minimum absolute atomic E-state index is 0.260. The fraction of sp³-hybridized carbons (Fsp3) is 0.357. The van der Waals surface area contributed by atoms with E-state index in [1.54, 1.807) is 31.2 Å². The Labute approximate surface area is 117 Å². The van der Waals surface area contributed by atoms with Gasteiger partial charge in [-0.25, -0.2) is 4.79 Å². The van der Waals surface area contributed by atoms with E-state index >= 15 is 0 Å². The first kappa shape index (κ1) is 15.7. The molecule has 0 spiro atoms. The van der Waals surface area contributed by atoms with Gasteiger partial charge >= 0.3 is 11.9 Å². The highest BCUT2D eigenvalue weighted by Gasteiger charge is 2.22. The van der Waals surface area contributed by atoms with Crippen LogP contribution in [0.4, 0.5) is 0 Å². The molecular formula is C14H17NO5. The number of rotatable bonds is 5. The van der Waals surface area contributed by atoms with Gasteiger partial charge in [-0.15, -0.1) is 0 Å². The molecule has 0 radical (unpaired) electrons. The van der Waals surface area contributed by atoms with Crippen molar-refractivity contribution in [2.75, 3.05) is 7.11 Å². The van der Waals surface area contributed by atoms with Gasteiger partial charge in [0.15, 0.2) is 6.04 Å². The van der Waals surface area contributed by atoms with E-state index in [1.807, 2.05) is 0 Å². The standard InChI is InChI=1S/C14H17NO5/c1-4-12(17)15-13(14(18)19-3)10-5-7-11(8-6-10)20-9(2)16/h5-8,13H,4H2,1-3H3,(H,15,17). The van der Waals surface area contributed by atoms with Crippen molar-refractivity contribution in [2.24, 2.45) is 0 Å². The Hall–Kier alpha value is -2.37. The molecule has 0 saturated heterocycles. The lowest BCUT2D eigenvalue weighted by Crippen LogP contribution is -2.34. The van der Waals surface area contributed by atoms with E-state index in [4.69, 9.17) is 4.74 Å². The molecule has 0 aliphatic heterocycles. The van der Waals surface area contributed by atoms with Crippen LogP contribution in [0.5, 0.6) is 5.75 Å². The molecule has 6 nitrogen and oxygen atoms in total. The molecule has 0 saturated carbocycles. The number of carbonyl (C=O) groups is 3. The number of carbonyl (C=O) groups excluding carboxylic acids is 3. The first-order chi connectivity index (χ1) is 9.47. The molecule has 0 heterocycles. The van der Waals surface area contributed by atoms with Gasteiger partial charge in [0.2, 0.25) is 5.91 Å². The summed E-state index contributed by atoms with van der Waals surface area (Å²) in [6.45, 7) is 2.99. The predicted octanol–water partition coefficient (Wildman–Crippen LogP) is 1.35. The van der Waals surface area contributed by atoms with Crippen LogP contribution in [0, 0.1) is 0 Å². The van der Waals surface area contributed by atoms with Crippen LogP contribution in [0.3, 0.4) is 0 Å². The molecule has 1 aromatic carbocycles. The summed E-state index contributed by atoms with van der Waals surface area (Å²) in [5.74, 6) is -0.885. The summed E-state index contributed by atoms with van der Waals surface area (Å²) < 4.78 is 9.56. The summed E-state index contributed by atoms with van der Waals surface area (Å²) in [4.78, 5) is 34.0. The van der Waals surface area contributed by atoms with E-state index in [0.29, 0.717) is 11.3 Å². The van der Waals surface area contributed by atoms with Gasteiger partial charge in [0.05, 0.1) is 7.11 Å². The molecule has 20 heavy (non-hydrogen) atoms. The third-order valence-corrected chi connectivity index (χ3v) is 2.54. The fourth-order valence-corrected chi connectivity index (χ4v) is 1.55. The summed E-state index contributed by atoms with van der Waals surface area (Å²) in [5, 5.41) is 2.57. The third kappa shape index (κ3) is 4.38. The summed E-state index contributed by atoms with van der Waals surface area (Å²) in [7, 11) is 1.25. The van der Waals surface area contributed by atoms with Crippen LogP contribution in [0.25, 0.3) is 0 Å². The van der Waals surface area contributed by atoms with Crippen molar-refractivity contribution in [3.63, 3.8) is 0 Å². The first-order valence-electron chi connectivity index (χ1n) is 6.13. The van der Waals surface area contributed by atoms with Crippen LogP contribution in [-0.2, 0) is 19.1 Å². The molecule has 0 fully saturated rings. The van der Waals surface area contributed by atoms with E-state index in [9.17, 15) is 14.4 Å². The molecular weight excluding hydrogens is 262 g/mol. The maximum atomic E-state index is 11.7. The first-order valence-corrected chi connectivity index (χ1v) is 6.13. The van der Waals surface area contributed by atoms with E-state index < -0.39 is 18.0 Å². The summed E-state index contributed by atoms with van der Waals surface area (Å²) >= 11 is 0. The Morgan fingerprint density at radius 2 is 1.80 bits per heavy atom. The lowest BCUT2D eigenvalue weighted by Gasteiger charge is -2.16. The Bertz CT molecular complexity index is 495. The highest BCUT2D eigenvalue weighted by molar-refractivity contribution is 5.85. The molecule has 1 N–H and O–H groups in total. The molecule has 108 valence electrons. The summed E-state index contributed by atoms with van der Waals surface area (Å²) in [6.07, 6.45) is 0.263. The minimum Gasteiger partial charge on any atom is -0.467 e. The zero-order chi connectivity index (χ0) is 15.1. The third-order valence-electron chi connectivity index (χ3n) is 2.54. The van der Waals surface area contributed by atoms with Crippen LogP contribution in [-0.4, -0.2) is 25.0 Å². The van der Waals surface area contributed by atoms with E-state index in [2.05, 4.69) is 10.1 Å². The molecule has 1 aromatic rings. The average molecular weight is 279 g/mol. The van der Waals surface area contributed by atoms with Crippen molar-refractivity contribution in [3.8, 4) is 5.75 Å². The van der Waals surface area contributed by atoms with Crippen LogP contribution in [0.2, 0.25) is 0 Å². The lowest BCUT2D eigenvalue weighted by atomic mass is 10.1. The van der Waals surface area contributed by atoms with Crippen LogP contribution >= 0.6 is 0 Å². The zero-order valence-electron chi connectivity index (χ0n) is 11.6. The van der Waals surface area contributed by atoms with E-state index in [-0.39, 0.29) is 12.3 Å². The molecule has 1 unspecified atom stereocenters. The molecule has 0 bridgehead atoms. The Morgan fingerprint density at radius 3 is 2.25 bits per heavy atom. The Morgan fingerprint density at radius 1 is 1.20 bits per heavy atom. The number of amides is 1. The van der Waals surface area contributed by atoms with Crippen molar-refractivity contribution >= 4 is 17.8 Å². The summed E-state index contributed by atoms with van der Waals surface area (Å²) in [6, 6.07) is 5.40. The average Bonchev–Trinajstić information content (AvgIpc) is 2.44. The van der Waals surface area contributed by atoms with Crippen molar-refractivity contribution in [1.29, 1.82) is 0 Å². The van der Waals surface area contributed by atoms with E-state index in [0.717, 1.165) is 0 Å². The van der Waals surface area contributed by atoms with Gasteiger partial charge in [0.25, 0.3) is 0 Å². The number of esters is 2. The van der Waals surface area contributed by atoms with Crippen LogP contribution < -0.4 is 10.1 Å². The monoisotopic (exact) mass is 279 g/mol. The number of methoxy groups -OCH3 is 1. The minimum atomic E-state index is -0.876. The lowest BCUT2D eigenvalue weighted by molar-refractivity contribution is -0.145. The quantitative estimate of drug-likeness (QED) is 0.650. The van der Waals surface area contributed by atoms with Crippen LogP contribution in [0.1, 0.15) is 31.9 Å². The van der Waals surface area contributed by atoms with Crippen molar-refractivity contribution in [1.82, 2.24) is 5.32 Å². The molecule has 0 aliphatic rings. The van der Waals surface area contributed by atoms with Gasteiger partial charge in [-0.2, -0.15) is 0 Å². The van der Waals surface area contributed by atoms with Gasteiger partial charge < -0.3 is 14.8 Å². The Kier molecular flexibility index (Phi) is 5.71. The second-order valence-electron chi connectivity index (χ2n) is 4.04. The van der Waals surface area contributed by atoms with Gasteiger partial charge in [-0.05, 0) is 17.7 Å². The van der Waals surface area contributed by atoms with Gasteiger partial charge in [-0.1, -0.05) is 19.1 Å². The normalized spacial score (nSPS) is 11.3. The molecule has 1 amide bonds. The zero-order valence-corrected chi connectivity index (χ0v) is 11.6. The van der Waals surface area contributed by atoms with Crippen molar-refractivity contribution in [3.05, 3.63) is 29.8 Å². The number of hydrogen-bond donors (Lipinski definition) is 1. The highest BCUT2D eigenvalue weighted by atomic mass is 16.5. The number of hydrogen-bond acceptors (Lipinski definition) is 5. The molecule has 0 aromatic heterocycles. The van der Waals surface area contributed by atoms with Gasteiger partial charge in [0.1, 0.15) is 5.75 Å². The highest BCUT2D eigenvalue weighted by Crippen LogP contribution is 2.19. The number of benzene rings is 1. The number of ether oxygens (including phenoxy) is 2. The number of nitrogens with one attached hydrogen (secondary N) is 1. The second kappa shape index (κ2) is 7.28. The molecule has 1 rings (SSSR count). The largest absolute Gasteiger partial charge is 0.467 e. The SMILES string of the molecule is CCC(=O)NC(C(=O)OC)c1ccc(OC(C)=O)cc1. The topological polar surface area (TPSA) is 81.7 Å². The van der Waals surface area contributed by atoms with Gasteiger partial charge in [0, 0.05) is 13.3 Å². The maximum Gasteiger partial charge on any atom is 0.333 e. The van der Waals surface area contributed by atoms with Crippen LogP contribution in [0.15, 0.2) is 24.3 Å². The maximum absolute atomic E-state index is 11.7. The fourth-order valence-electron chi connectivity index (χ4n) is 1.55. The molecule has 0 aliphatic carbocycles. The summed E-state index contributed by atoms with van der Waals surface area (Å²) in [5.41, 5.74) is 0.551. The smallest absolute Gasteiger partial charge is 0.333 e.